The predicted molar refractivity (Wildman–Crippen MR) is 74.6 cm³/mol. The number of benzene rings is 2. The molecule has 2 rings (SSSR count). The van der Waals surface area contributed by atoms with E-state index in [4.69, 9.17) is 0 Å². The average Bonchev–Trinajstić information content (AvgIpc) is 2.37. The first-order valence-corrected chi connectivity index (χ1v) is 6.77. The third-order valence-electron chi connectivity index (χ3n) is 2.84. The molecule has 0 aliphatic carbocycles. The minimum atomic E-state index is 0.0427. The number of carbonyl (C=O) groups excluding carboxylic acids is 1. The van der Waals surface area contributed by atoms with Crippen molar-refractivity contribution in [2.45, 2.75) is 30.4 Å². The maximum atomic E-state index is 11.6. The molecule has 0 saturated heterocycles. The Morgan fingerprint density at radius 3 is 2.59 bits per heavy atom. The number of hydrogen-bond acceptors (Lipinski definition) is 2. The van der Waals surface area contributed by atoms with Crippen LogP contribution in [0.2, 0.25) is 0 Å². The second-order valence-electron chi connectivity index (χ2n) is 4.09. The number of Topliss-reactive ketones (excluding diaryl/α,β-unsaturated/α-hetero) is 1. The summed E-state index contributed by atoms with van der Waals surface area (Å²) in [6, 6.07) is 14.6. The Balaban J connectivity index is 2.22. The maximum absolute atomic E-state index is 11.6. The Kier molecular flexibility index (Phi) is 3.85. The van der Waals surface area contributed by atoms with E-state index < -0.39 is 0 Å². The monoisotopic (exact) mass is 244 g/mol. The zero-order valence-electron chi connectivity index (χ0n) is 10.1. The Labute approximate surface area is 106 Å². The summed E-state index contributed by atoms with van der Waals surface area (Å²) in [7, 11) is 0. The summed E-state index contributed by atoms with van der Waals surface area (Å²) in [5, 5.41) is 2.51. The van der Waals surface area contributed by atoms with Crippen LogP contribution in [0.3, 0.4) is 0 Å². The maximum Gasteiger partial charge on any atom is 0.145 e. The summed E-state index contributed by atoms with van der Waals surface area (Å²) in [5.41, 5.74) is 0. The molecule has 0 fully saturated rings. The fourth-order valence-corrected chi connectivity index (χ4v) is 2.85. The van der Waals surface area contributed by atoms with Gasteiger partial charge in [-0.05, 0) is 29.8 Å². The normalized spacial score (nSPS) is 12.6. The summed E-state index contributed by atoms with van der Waals surface area (Å²) in [6.07, 6.45) is 0.613. The van der Waals surface area contributed by atoms with E-state index in [0.717, 1.165) is 4.90 Å². The Hall–Kier alpha value is -1.28. The van der Waals surface area contributed by atoms with E-state index in [1.807, 2.05) is 26.0 Å². The minimum absolute atomic E-state index is 0.0427. The van der Waals surface area contributed by atoms with Gasteiger partial charge in [-0.2, -0.15) is 0 Å². The minimum Gasteiger partial charge on any atom is -0.298 e. The van der Waals surface area contributed by atoms with Crippen molar-refractivity contribution in [2.24, 2.45) is 0 Å². The molecule has 0 aliphatic rings. The van der Waals surface area contributed by atoms with Gasteiger partial charge < -0.3 is 0 Å². The molecule has 1 nitrogen and oxygen atoms in total. The van der Waals surface area contributed by atoms with Crippen molar-refractivity contribution in [3.8, 4) is 0 Å². The van der Waals surface area contributed by atoms with Crippen LogP contribution < -0.4 is 0 Å². The summed E-state index contributed by atoms with van der Waals surface area (Å²) in [6.45, 7) is 3.89. The standard InChI is InChI=1S/C15H16OS/c1-3-15(16)11(2)17-14-9-8-12-6-4-5-7-13(12)10-14/h4-11H,3H2,1-2H3. The summed E-state index contributed by atoms with van der Waals surface area (Å²) in [4.78, 5) is 12.7. The molecule has 0 N–H and O–H groups in total. The van der Waals surface area contributed by atoms with Gasteiger partial charge >= 0.3 is 0 Å². The van der Waals surface area contributed by atoms with Crippen molar-refractivity contribution >= 4 is 28.3 Å². The molecule has 1 atom stereocenters. The average molecular weight is 244 g/mol. The van der Waals surface area contributed by atoms with Gasteiger partial charge in [-0.25, -0.2) is 0 Å². The van der Waals surface area contributed by atoms with Crippen LogP contribution in [0.4, 0.5) is 0 Å². The van der Waals surface area contributed by atoms with E-state index in [2.05, 4.69) is 30.3 Å². The topological polar surface area (TPSA) is 17.1 Å². The van der Waals surface area contributed by atoms with Crippen LogP contribution >= 0.6 is 11.8 Å². The molecule has 2 aromatic rings. The quantitative estimate of drug-likeness (QED) is 0.746. The van der Waals surface area contributed by atoms with Crippen LogP contribution in [0, 0.1) is 0 Å². The molecular weight excluding hydrogens is 228 g/mol. The van der Waals surface area contributed by atoms with Crippen molar-refractivity contribution in [3.63, 3.8) is 0 Å². The van der Waals surface area contributed by atoms with E-state index in [1.165, 1.54) is 10.8 Å². The Morgan fingerprint density at radius 1 is 1.18 bits per heavy atom. The highest BCUT2D eigenvalue weighted by molar-refractivity contribution is 8.00. The predicted octanol–water partition coefficient (Wildman–Crippen LogP) is 4.30. The molecule has 0 bridgehead atoms. The molecule has 0 spiro atoms. The number of ketones is 1. The number of carbonyl (C=O) groups is 1. The molecule has 0 radical (unpaired) electrons. The lowest BCUT2D eigenvalue weighted by Crippen LogP contribution is -2.10. The largest absolute Gasteiger partial charge is 0.298 e. The molecule has 0 aliphatic heterocycles. The molecule has 0 saturated carbocycles. The lowest BCUT2D eigenvalue weighted by Gasteiger charge is -2.09. The lowest BCUT2D eigenvalue weighted by atomic mass is 10.1. The molecule has 2 aromatic carbocycles. The van der Waals surface area contributed by atoms with Crippen molar-refractivity contribution in [2.75, 3.05) is 0 Å². The molecule has 1 unspecified atom stereocenters. The van der Waals surface area contributed by atoms with Crippen LogP contribution in [0.25, 0.3) is 10.8 Å². The van der Waals surface area contributed by atoms with Crippen LogP contribution in [-0.2, 0) is 4.79 Å². The molecule has 0 aromatic heterocycles. The third kappa shape index (κ3) is 2.89. The fraction of sp³-hybridized carbons (Fsp3) is 0.267. The van der Waals surface area contributed by atoms with E-state index in [1.54, 1.807) is 11.8 Å². The first-order valence-electron chi connectivity index (χ1n) is 5.89. The summed E-state index contributed by atoms with van der Waals surface area (Å²) < 4.78 is 0. The number of rotatable bonds is 4. The molecule has 0 heterocycles. The summed E-state index contributed by atoms with van der Waals surface area (Å²) in [5.74, 6) is 0.308. The SMILES string of the molecule is CCC(=O)C(C)Sc1ccc2ccccc2c1. The van der Waals surface area contributed by atoms with Gasteiger partial charge in [0.05, 0.1) is 5.25 Å². The highest BCUT2D eigenvalue weighted by atomic mass is 32.2. The van der Waals surface area contributed by atoms with Gasteiger partial charge in [0.1, 0.15) is 5.78 Å². The highest BCUT2D eigenvalue weighted by Gasteiger charge is 2.11. The lowest BCUT2D eigenvalue weighted by molar-refractivity contribution is -0.117. The van der Waals surface area contributed by atoms with Gasteiger partial charge in [0.15, 0.2) is 0 Å². The zero-order valence-corrected chi connectivity index (χ0v) is 11.0. The van der Waals surface area contributed by atoms with Gasteiger partial charge in [-0.15, -0.1) is 11.8 Å². The van der Waals surface area contributed by atoms with Gasteiger partial charge in [0, 0.05) is 11.3 Å². The zero-order chi connectivity index (χ0) is 12.3. The molecule has 88 valence electrons. The fourth-order valence-electron chi connectivity index (χ4n) is 1.80. The van der Waals surface area contributed by atoms with Crippen molar-refractivity contribution in [3.05, 3.63) is 42.5 Å². The van der Waals surface area contributed by atoms with E-state index in [0.29, 0.717) is 12.2 Å². The summed E-state index contributed by atoms with van der Waals surface area (Å²) >= 11 is 1.64. The van der Waals surface area contributed by atoms with Gasteiger partial charge in [-0.3, -0.25) is 4.79 Å². The number of thioether (sulfide) groups is 1. The molecular formula is C15H16OS. The third-order valence-corrected chi connectivity index (χ3v) is 3.98. The van der Waals surface area contributed by atoms with E-state index in [-0.39, 0.29) is 5.25 Å². The molecule has 0 amide bonds. The second kappa shape index (κ2) is 5.37. The second-order valence-corrected chi connectivity index (χ2v) is 5.50. The smallest absolute Gasteiger partial charge is 0.145 e. The van der Waals surface area contributed by atoms with Crippen LogP contribution in [0.5, 0.6) is 0 Å². The first kappa shape index (κ1) is 12.2. The van der Waals surface area contributed by atoms with Crippen LogP contribution in [-0.4, -0.2) is 11.0 Å². The molecule has 2 heteroatoms. The first-order chi connectivity index (χ1) is 8.20. The van der Waals surface area contributed by atoms with Crippen LogP contribution in [0.1, 0.15) is 20.3 Å². The van der Waals surface area contributed by atoms with Crippen LogP contribution in [0.15, 0.2) is 47.4 Å². The van der Waals surface area contributed by atoms with Crippen molar-refractivity contribution < 1.29 is 4.79 Å². The highest BCUT2D eigenvalue weighted by Crippen LogP contribution is 2.27. The number of hydrogen-bond donors (Lipinski definition) is 0. The van der Waals surface area contributed by atoms with E-state index >= 15 is 0 Å². The van der Waals surface area contributed by atoms with Crippen molar-refractivity contribution in [1.82, 2.24) is 0 Å². The van der Waals surface area contributed by atoms with Gasteiger partial charge in [0.2, 0.25) is 0 Å². The van der Waals surface area contributed by atoms with Crippen molar-refractivity contribution in [1.29, 1.82) is 0 Å². The van der Waals surface area contributed by atoms with Gasteiger partial charge in [0.25, 0.3) is 0 Å². The number of fused-ring (bicyclic) bond motifs is 1. The Bertz CT molecular complexity index is 533. The van der Waals surface area contributed by atoms with Gasteiger partial charge in [-0.1, -0.05) is 37.3 Å². The Morgan fingerprint density at radius 2 is 1.88 bits per heavy atom. The molecule has 17 heavy (non-hydrogen) atoms. The van der Waals surface area contributed by atoms with E-state index in [9.17, 15) is 4.79 Å².